The Labute approximate surface area is 233 Å². The first-order valence-electron chi connectivity index (χ1n) is 14.0. The molecule has 4 aromatic carbocycles. The van der Waals surface area contributed by atoms with Crippen LogP contribution < -0.4 is 4.74 Å². The lowest BCUT2D eigenvalue weighted by Gasteiger charge is -2.11. The molecule has 0 fully saturated rings. The van der Waals surface area contributed by atoms with E-state index in [1.54, 1.807) is 6.07 Å². The maximum absolute atomic E-state index is 15.3. The predicted molar refractivity (Wildman–Crippen MR) is 151 cm³/mol. The lowest BCUT2D eigenvalue weighted by atomic mass is 9.97. The number of benzene rings is 4. The van der Waals surface area contributed by atoms with Crippen LogP contribution in [0.25, 0.3) is 10.8 Å². The Balaban J connectivity index is 1.33. The number of halogens is 5. The number of ether oxygens (including phenoxy) is 1. The second-order valence-corrected chi connectivity index (χ2v) is 10.4. The van der Waals surface area contributed by atoms with Crippen molar-refractivity contribution in [2.75, 3.05) is 6.61 Å². The number of unbranched alkanes of at least 4 members (excludes halogenated alkanes) is 3. The average Bonchev–Trinajstić information content (AvgIpc) is 2.93. The summed E-state index contributed by atoms with van der Waals surface area (Å²) in [6, 6.07) is 22.1. The van der Waals surface area contributed by atoms with Crippen LogP contribution in [0.1, 0.15) is 60.4 Å². The summed E-state index contributed by atoms with van der Waals surface area (Å²) in [5, 5.41) is 1.37. The van der Waals surface area contributed by atoms with E-state index in [4.69, 9.17) is 0 Å². The molecule has 0 N–H and O–H groups in total. The van der Waals surface area contributed by atoms with Gasteiger partial charge in [-0.05, 0) is 83.9 Å². The second-order valence-electron chi connectivity index (χ2n) is 10.4. The third kappa shape index (κ3) is 8.54. The molecule has 0 aliphatic carbocycles. The molecule has 1 nitrogen and oxygen atoms in total. The standard InChI is InChI=1S/C34H35F5O/c1-2-3-4-5-6-24-7-9-25(10-8-24)11-12-26-14-19-30-29(21-26)18-17-28(33(30)36)16-13-27-15-20-32(31(35)22-27)40-23-34(37,38)39/h7-10,14-15,17-22H,2-6,11-13,16,23H2,1H3. The highest BCUT2D eigenvalue weighted by atomic mass is 19.4. The van der Waals surface area contributed by atoms with Crippen molar-refractivity contribution >= 4 is 10.8 Å². The highest BCUT2D eigenvalue weighted by molar-refractivity contribution is 5.84. The van der Waals surface area contributed by atoms with Crippen LogP contribution in [-0.2, 0) is 32.1 Å². The van der Waals surface area contributed by atoms with Gasteiger partial charge in [0.1, 0.15) is 5.82 Å². The maximum atomic E-state index is 15.3. The summed E-state index contributed by atoms with van der Waals surface area (Å²) in [5.74, 6) is -1.63. The van der Waals surface area contributed by atoms with Crippen molar-refractivity contribution in [1.82, 2.24) is 0 Å². The smallest absolute Gasteiger partial charge is 0.422 e. The van der Waals surface area contributed by atoms with Crippen LogP contribution in [0, 0.1) is 11.6 Å². The summed E-state index contributed by atoms with van der Waals surface area (Å²) in [6.07, 6.45) is 4.09. The van der Waals surface area contributed by atoms with Crippen LogP contribution in [0.2, 0.25) is 0 Å². The number of hydrogen-bond acceptors (Lipinski definition) is 1. The van der Waals surface area contributed by atoms with Gasteiger partial charge in [-0.15, -0.1) is 0 Å². The molecule has 4 rings (SSSR count). The predicted octanol–water partition coefficient (Wildman–Crippen LogP) is 9.75. The molecule has 212 valence electrons. The first-order valence-corrected chi connectivity index (χ1v) is 14.0. The van der Waals surface area contributed by atoms with E-state index in [9.17, 15) is 17.6 Å². The first-order chi connectivity index (χ1) is 19.2. The summed E-state index contributed by atoms with van der Waals surface area (Å²) in [4.78, 5) is 0. The van der Waals surface area contributed by atoms with Crippen molar-refractivity contribution in [3.63, 3.8) is 0 Å². The molecule has 0 saturated carbocycles. The average molecular weight is 555 g/mol. The molecule has 0 atom stereocenters. The third-order valence-electron chi connectivity index (χ3n) is 7.21. The lowest BCUT2D eigenvalue weighted by molar-refractivity contribution is -0.153. The minimum Gasteiger partial charge on any atom is -0.481 e. The summed E-state index contributed by atoms with van der Waals surface area (Å²) in [5.41, 5.74) is 4.87. The van der Waals surface area contributed by atoms with E-state index in [0.717, 1.165) is 36.3 Å². The van der Waals surface area contributed by atoms with E-state index in [1.807, 2.05) is 24.3 Å². The van der Waals surface area contributed by atoms with E-state index in [-0.39, 0.29) is 5.82 Å². The van der Waals surface area contributed by atoms with Gasteiger partial charge in [0.05, 0.1) is 0 Å². The van der Waals surface area contributed by atoms with Gasteiger partial charge in [0.25, 0.3) is 0 Å². The zero-order valence-electron chi connectivity index (χ0n) is 22.8. The molecular weight excluding hydrogens is 519 g/mol. The van der Waals surface area contributed by atoms with Gasteiger partial charge in [-0.3, -0.25) is 0 Å². The minimum atomic E-state index is -4.54. The fourth-order valence-electron chi connectivity index (χ4n) is 4.91. The van der Waals surface area contributed by atoms with Crippen molar-refractivity contribution in [3.05, 3.63) is 112 Å². The van der Waals surface area contributed by atoms with Gasteiger partial charge in [0.2, 0.25) is 0 Å². The molecule has 0 aliphatic rings. The molecule has 0 bridgehead atoms. The monoisotopic (exact) mass is 554 g/mol. The number of rotatable bonds is 13. The number of fused-ring (bicyclic) bond motifs is 1. The summed E-state index contributed by atoms with van der Waals surface area (Å²) in [6.45, 7) is 0.667. The molecule has 6 heteroatoms. The van der Waals surface area contributed by atoms with E-state index in [2.05, 4.69) is 35.9 Å². The van der Waals surface area contributed by atoms with Crippen molar-refractivity contribution in [3.8, 4) is 5.75 Å². The van der Waals surface area contributed by atoms with Crippen LogP contribution >= 0.6 is 0 Å². The van der Waals surface area contributed by atoms with Gasteiger partial charge >= 0.3 is 6.18 Å². The second kappa shape index (κ2) is 13.8. The van der Waals surface area contributed by atoms with Gasteiger partial charge < -0.3 is 4.74 Å². The zero-order valence-corrected chi connectivity index (χ0v) is 22.8. The molecule has 40 heavy (non-hydrogen) atoms. The normalized spacial score (nSPS) is 11.8. The molecule has 0 unspecified atom stereocenters. The SMILES string of the molecule is CCCCCCc1ccc(CCc2ccc3c(F)c(CCc4ccc(OCC(F)(F)F)c(F)c4)ccc3c2)cc1. The Hall–Kier alpha value is -3.41. The molecule has 0 aromatic heterocycles. The van der Waals surface area contributed by atoms with E-state index < -0.39 is 24.3 Å². The lowest BCUT2D eigenvalue weighted by Crippen LogP contribution is -2.19. The number of hydrogen-bond donors (Lipinski definition) is 0. The van der Waals surface area contributed by atoms with Crippen LogP contribution in [-0.4, -0.2) is 12.8 Å². The van der Waals surface area contributed by atoms with E-state index >= 15 is 4.39 Å². The summed E-state index contributed by atoms with van der Waals surface area (Å²) >= 11 is 0. The largest absolute Gasteiger partial charge is 0.481 e. The van der Waals surface area contributed by atoms with Crippen molar-refractivity contribution in [1.29, 1.82) is 0 Å². The third-order valence-corrected chi connectivity index (χ3v) is 7.21. The van der Waals surface area contributed by atoms with E-state index in [0.29, 0.717) is 29.4 Å². The quantitative estimate of drug-likeness (QED) is 0.118. The highest BCUT2D eigenvalue weighted by Crippen LogP contribution is 2.26. The molecule has 0 heterocycles. The first kappa shape index (κ1) is 29.6. The number of alkyl halides is 3. The molecule has 0 spiro atoms. The van der Waals surface area contributed by atoms with Crippen LogP contribution in [0.3, 0.4) is 0 Å². The molecule has 0 radical (unpaired) electrons. The molecule has 0 amide bonds. The van der Waals surface area contributed by atoms with Crippen molar-refractivity contribution in [2.24, 2.45) is 0 Å². The fraction of sp³-hybridized carbons (Fsp3) is 0.353. The van der Waals surface area contributed by atoms with Gasteiger partial charge in [-0.2, -0.15) is 13.2 Å². The Kier molecular flexibility index (Phi) is 10.2. The molecule has 4 aromatic rings. The molecule has 0 saturated heterocycles. The van der Waals surface area contributed by atoms with E-state index in [1.165, 1.54) is 48.9 Å². The van der Waals surface area contributed by atoms with Gasteiger partial charge in [0.15, 0.2) is 18.2 Å². The minimum absolute atomic E-state index is 0.302. The fourth-order valence-corrected chi connectivity index (χ4v) is 4.91. The Bertz CT molecular complexity index is 1390. The summed E-state index contributed by atoms with van der Waals surface area (Å²) in [7, 11) is 0. The van der Waals surface area contributed by atoms with Crippen LogP contribution in [0.4, 0.5) is 22.0 Å². The van der Waals surface area contributed by atoms with Crippen molar-refractivity contribution < 1.29 is 26.7 Å². The Morgan fingerprint density at radius 1 is 0.625 bits per heavy atom. The summed E-state index contributed by atoms with van der Waals surface area (Å²) < 4.78 is 70.9. The maximum Gasteiger partial charge on any atom is 0.422 e. The number of aryl methyl sites for hydroxylation is 5. The van der Waals surface area contributed by atoms with Gasteiger partial charge in [0, 0.05) is 5.39 Å². The topological polar surface area (TPSA) is 9.23 Å². The van der Waals surface area contributed by atoms with Gasteiger partial charge in [-0.25, -0.2) is 8.78 Å². The van der Waals surface area contributed by atoms with Crippen LogP contribution in [0.15, 0.2) is 72.8 Å². The Morgan fingerprint density at radius 3 is 1.95 bits per heavy atom. The van der Waals surface area contributed by atoms with Gasteiger partial charge in [-0.1, -0.05) is 86.8 Å². The van der Waals surface area contributed by atoms with Crippen molar-refractivity contribution in [2.45, 2.75) is 70.9 Å². The Morgan fingerprint density at radius 2 is 1.25 bits per heavy atom. The highest BCUT2D eigenvalue weighted by Gasteiger charge is 2.29. The van der Waals surface area contributed by atoms with Crippen LogP contribution in [0.5, 0.6) is 5.75 Å². The molecule has 0 aliphatic heterocycles. The zero-order chi connectivity index (χ0) is 28.5. The molecular formula is C34H35F5O.